The van der Waals surface area contributed by atoms with Crippen LogP contribution in [0.5, 0.6) is 5.75 Å². The summed E-state index contributed by atoms with van der Waals surface area (Å²) in [7, 11) is 0. The summed E-state index contributed by atoms with van der Waals surface area (Å²) in [6.07, 6.45) is 13.4. The number of hydrogen-bond donors (Lipinski definition) is 1. The highest BCUT2D eigenvalue weighted by molar-refractivity contribution is 5.89. The molecule has 1 aromatic rings. The van der Waals surface area contributed by atoms with E-state index in [-0.39, 0.29) is 19.0 Å². The van der Waals surface area contributed by atoms with Gasteiger partial charge in [0.2, 0.25) is 0 Å². The Balaban J connectivity index is 1.65. The van der Waals surface area contributed by atoms with E-state index in [0.29, 0.717) is 98.1 Å². The first-order chi connectivity index (χ1) is 22.7. The Hall–Kier alpha value is -1.83. The third-order valence-electron chi connectivity index (χ3n) is 6.81. The van der Waals surface area contributed by atoms with Crippen LogP contribution in [0.25, 0.3) is 0 Å². The van der Waals surface area contributed by atoms with Gasteiger partial charge in [-0.2, -0.15) is 0 Å². The zero-order valence-corrected chi connectivity index (χ0v) is 28.4. The number of ether oxygens (including phenoxy) is 9. The highest BCUT2D eigenvalue weighted by Gasteiger charge is 2.06. The van der Waals surface area contributed by atoms with Gasteiger partial charge in [0, 0.05) is 6.61 Å². The van der Waals surface area contributed by atoms with E-state index in [9.17, 15) is 9.90 Å². The Morgan fingerprint density at radius 1 is 0.435 bits per heavy atom. The molecule has 0 atom stereocenters. The van der Waals surface area contributed by atoms with Gasteiger partial charge in [-0.1, -0.05) is 64.7 Å². The lowest BCUT2D eigenvalue weighted by molar-refractivity contribution is -0.0244. The molecule has 0 aromatic heterocycles. The number of benzene rings is 1. The van der Waals surface area contributed by atoms with Crippen molar-refractivity contribution in [2.24, 2.45) is 0 Å². The fourth-order valence-corrected chi connectivity index (χ4v) is 4.21. The minimum absolute atomic E-state index is 0.0983. The van der Waals surface area contributed by atoms with Gasteiger partial charge in [0.15, 0.2) is 0 Å². The van der Waals surface area contributed by atoms with E-state index < -0.39 is 5.97 Å². The van der Waals surface area contributed by atoms with Crippen molar-refractivity contribution in [3.63, 3.8) is 0 Å². The Kier molecular flexibility index (Phi) is 31.6. The van der Waals surface area contributed by atoms with Gasteiger partial charge in [0.25, 0.3) is 0 Å². The first-order valence-corrected chi connectivity index (χ1v) is 17.3. The summed E-state index contributed by atoms with van der Waals surface area (Å²) in [6.45, 7) is 10.7. The molecule has 46 heavy (non-hydrogen) atoms. The van der Waals surface area contributed by atoms with Crippen LogP contribution >= 0.6 is 0 Å². The lowest BCUT2D eigenvalue weighted by atomic mass is 10.1. The molecule has 0 aliphatic heterocycles. The third kappa shape index (κ3) is 29.6. The van der Waals surface area contributed by atoms with Crippen molar-refractivity contribution < 1.29 is 52.5 Å². The Morgan fingerprint density at radius 3 is 1.11 bits per heavy atom. The Morgan fingerprint density at radius 2 is 0.739 bits per heavy atom. The lowest BCUT2D eigenvalue weighted by Gasteiger charge is -2.09. The molecule has 0 heterocycles. The van der Waals surface area contributed by atoms with Gasteiger partial charge in [-0.05, 0) is 30.7 Å². The van der Waals surface area contributed by atoms with Crippen LogP contribution < -0.4 is 0 Å². The average Bonchev–Trinajstić information content (AvgIpc) is 3.06. The van der Waals surface area contributed by atoms with Crippen molar-refractivity contribution in [3.05, 3.63) is 29.8 Å². The fraction of sp³-hybridized carbons (Fsp3) is 0.800. The number of hydrogen-bond acceptors (Lipinski definition) is 11. The maximum Gasteiger partial charge on any atom is 0.338 e. The number of phenols is 1. The molecule has 0 aliphatic carbocycles. The summed E-state index contributed by atoms with van der Waals surface area (Å²) < 4.78 is 49.0. The minimum atomic E-state index is -0.457. The van der Waals surface area contributed by atoms with Crippen molar-refractivity contribution in [2.45, 2.75) is 71.1 Å². The van der Waals surface area contributed by atoms with Gasteiger partial charge >= 0.3 is 5.97 Å². The predicted molar refractivity (Wildman–Crippen MR) is 177 cm³/mol. The van der Waals surface area contributed by atoms with Gasteiger partial charge in [-0.15, -0.1) is 0 Å². The van der Waals surface area contributed by atoms with E-state index in [1.54, 1.807) is 0 Å². The van der Waals surface area contributed by atoms with Crippen LogP contribution in [-0.4, -0.2) is 123 Å². The second kappa shape index (κ2) is 34.5. The summed E-state index contributed by atoms with van der Waals surface area (Å²) >= 11 is 0. The van der Waals surface area contributed by atoms with E-state index in [1.165, 1.54) is 82.1 Å². The van der Waals surface area contributed by atoms with Crippen LogP contribution in [0.1, 0.15) is 81.5 Å². The van der Waals surface area contributed by atoms with E-state index in [4.69, 9.17) is 42.6 Å². The third-order valence-corrected chi connectivity index (χ3v) is 6.81. The molecule has 0 spiro atoms. The number of unbranched alkanes of at least 4 members (excludes halogenated alkanes) is 9. The number of carbonyl (C=O) groups excluding carboxylic acids is 1. The predicted octanol–water partition coefficient (Wildman–Crippen LogP) is 5.60. The highest BCUT2D eigenvalue weighted by Crippen LogP contribution is 2.11. The number of phenolic OH excluding ortho intramolecular Hbond substituents is 1. The number of esters is 1. The molecule has 1 N–H and O–H groups in total. The van der Waals surface area contributed by atoms with Gasteiger partial charge in [-0.3, -0.25) is 0 Å². The maximum absolute atomic E-state index is 11.8. The van der Waals surface area contributed by atoms with Crippen molar-refractivity contribution in [1.82, 2.24) is 0 Å². The van der Waals surface area contributed by atoms with Gasteiger partial charge in [-0.25, -0.2) is 4.79 Å². The highest BCUT2D eigenvalue weighted by atomic mass is 16.6. The quantitative estimate of drug-likeness (QED) is 0.0716. The number of carbonyl (C=O) groups is 1. The molecule has 268 valence electrons. The largest absolute Gasteiger partial charge is 0.508 e. The molecule has 0 saturated heterocycles. The van der Waals surface area contributed by atoms with Crippen LogP contribution in [0.3, 0.4) is 0 Å². The van der Waals surface area contributed by atoms with Crippen LogP contribution in [0, 0.1) is 0 Å². The second-order valence-corrected chi connectivity index (χ2v) is 10.8. The van der Waals surface area contributed by atoms with Gasteiger partial charge in [0.1, 0.15) is 12.4 Å². The number of rotatable bonds is 36. The summed E-state index contributed by atoms with van der Waals surface area (Å²) in [4.78, 5) is 11.8. The summed E-state index contributed by atoms with van der Waals surface area (Å²) in [5.74, 6) is -0.358. The normalized spacial score (nSPS) is 11.3. The molecule has 0 saturated carbocycles. The number of aromatic hydroxyl groups is 1. The molecule has 11 heteroatoms. The molecule has 0 bridgehead atoms. The Labute approximate surface area is 277 Å². The van der Waals surface area contributed by atoms with Crippen LogP contribution in [0.2, 0.25) is 0 Å². The molecular formula is C35H62O11. The van der Waals surface area contributed by atoms with E-state index in [2.05, 4.69) is 6.92 Å². The van der Waals surface area contributed by atoms with Gasteiger partial charge < -0.3 is 47.7 Å². The van der Waals surface area contributed by atoms with Crippen molar-refractivity contribution in [3.8, 4) is 5.75 Å². The summed E-state index contributed by atoms with van der Waals surface area (Å²) in [6, 6.07) is 5.88. The molecule has 0 fully saturated rings. The van der Waals surface area contributed by atoms with Gasteiger partial charge in [0.05, 0.1) is 105 Å². The molecule has 1 rings (SSSR count). The van der Waals surface area contributed by atoms with Crippen LogP contribution in [-0.2, 0) is 42.6 Å². The first kappa shape index (κ1) is 42.2. The molecule has 0 radical (unpaired) electrons. The summed E-state index contributed by atoms with van der Waals surface area (Å²) in [5.41, 5.74) is 0.379. The first-order valence-electron chi connectivity index (χ1n) is 17.3. The zero-order valence-electron chi connectivity index (χ0n) is 28.4. The lowest BCUT2D eigenvalue weighted by Crippen LogP contribution is -2.15. The fourth-order valence-electron chi connectivity index (χ4n) is 4.21. The van der Waals surface area contributed by atoms with E-state index >= 15 is 0 Å². The molecule has 0 unspecified atom stereocenters. The standard InChI is InChI=1S/C35H62O11/c1-2-3-4-5-6-7-8-9-10-11-16-38-17-18-39-19-20-40-21-22-41-23-24-42-25-26-43-27-28-44-29-30-45-31-32-46-35(37)33-12-14-34(36)15-13-33/h12-15,36H,2-11,16-32H2,1H3. The molecule has 0 aliphatic rings. The van der Waals surface area contributed by atoms with E-state index in [0.717, 1.165) is 13.0 Å². The van der Waals surface area contributed by atoms with Crippen LogP contribution in [0.15, 0.2) is 24.3 Å². The molecular weight excluding hydrogens is 596 g/mol. The minimum Gasteiger partial charge on any atom is -0.508 e. The maximum atomic E-state index is 11.8. The van der Waals surface area contributed by atoms with E-state index in [1.807, 2.05) is 0 Å². The second-order valence-electron chi connectivity index (χ2n) is 10.8. The smallest absolute Gasteiger partial charge is 0.338 e. The monoisotopic (exact) mass is 658 g/mol. The van der Waals surface area contributed by atoms with Crippen molar-refractivity contribution >= 4 is 5.97 Å². The molecule has 1 aromatic carbocycles. The van der Waals surface area contributed by atoms with Crippen molar-refractivity contribution in [2.75, 3.05) is 112 Å². The Bertz CT molecular complexity index is 763. The topological polar surface area (TPSA) is 120 Å². The zero-order chi connectivity index (χ0) is 33.0. The SMILES string of the molecule is CCCCCCCCCCCCOCCOCCOCCOCCOCCOCCOCCOCCOC(=O)c1ccc(O)cc1. The summed E-state index contributed by atoms with van der Waals surface area (Å²) in [5, 5.41) is 9.23. The van der Waals surface area contributed by atoms with Crippen molar-refractivity contribution in [1.29, 1.82) is 0 Å². The average molecular weight is 659 g/mol. The molecule has 11 nitrogen and oxygen atoms in total. The van der Waals surface area contributed by atoms with Crippen LogP contribution in [0.4, 0.5) is 0 Å². The molecule has 0 amide bonds.